The van der Waals surface area contributed by atoms with Crippen molar-refractivity contribution in [3.05, 3.63) is 0 Å². The van der Waals surface area contributed by atoms with Crippen LogP contribution in [-0.2, 0) is 4.79 Å². The highest BCUT2D eigenvalue weighted by Crippen LogP contribution is 2.03. The van der Waals surface area contributed by atoms with Gasteiger partial charge in [0.05, 0.1) is 13.3 Å². The topological polar surface area (TPSA) is 64.6 Å². The predicted octanol–water partition coefficient (Wildman–Crippen LogP) is -0.456. The van der Waals surface area contributed by atoms with E-state index in [2.05, 4.69) is 10.6 Å². The van der Waals surface area contributed by atoms with E-state index in [-0.39, 0.29) is 0 Å². The fraction of sp³-hybridized carbons (Fsp3) is 0.714. The van der Waals surface area contributed by atoms with Gasteiger partial charge < -0.3 is 15.7 Å². The quantitative estimate of drug-likeness (QED) is 0.540. The number of hydrogen-bond donors (Lipinski definition) is 3. The number of carboxylic acids is 1. The van der Waals surface area contributed by atoms with E-state index < -0.39 is 12.0 Å². The van der Waals surface area contributed by atoms with E-state index in [9.17, 15) is 4.79 Å². The van der Waals surface area contributed by atoms with E-state index in [0.717, 1.165) is 0 Å². The summed E-state index contributed by atoms with van der Waals surface area (Å²) in [7, 11) is 0. The molecule has 0 aromatic rings. The number of nitrogens with zero attached hydrogens (tertiary/aromatic N) is 1. The highest BCUT2D eigenvalue weighted by Gasteiger charge is 2.25. The fourth-order valence-corrected chi connectivity index (χ4v) is 1.40. The van der Waals surface area contributed by atoms with Gasteiger partial charge in [0, 0.05) is 0 Å². The molecule has 1 saturated heterocycles. The van der Waals surface area contributed by atoms with Crippen LogP contribution in [0.4, 0.5) is 0 Å². The van der Waals surface area contributed by atoms with Crippen molar-refractivity contribution in [1.82, 2.24) is 15.5 Å². The van der Waals surface area contributed by atoms with Crippen LogP contribution in [0, 0.1) is 0 Å². The largest absolute Gasteiger partial charge is 0.480 e. The summed E-state index contributed by atoms with van der Waals surface area (Å²) in [5, 5.41) is 15.2. The lowest BCUT2D eigenvalue weighted by Crippen LogP contribution is -2.58. The standard InChI is InChI=1S/C7H13N3O2S/c1-2-5(6(11)12)10-3-8-7(13)9-4-10/h5H,2-4H2,1H3,(H,11,12)(H2,8,9,13)/t5-/m1/s1. The van der Waals surface area contributed by atoms with Crippen LogP contribution in [0.25, 0.3) is 0 Å². The van der Waals surface area contributed by atoms with Gasteiger partial charge in [0.15, 0.2) is 5.11 Å². The molecule has 0 amide bonds. The van der Waals surface area contributed by atoms with Gasteiger partial charge in [0.2, 0.25) is 0 Å². The summed E-state index contributed by atoms with van der Waals surface area (Å²) < 4.78 is 0. The molecule has 74 valence electrons. The van der Waals surface area contributed by atoms with Crippen molar-refractivity contribution >= 4 is 23.3 Å². The van der Waals surface area contributed by atoms with Gasteiger partial charge in [-0.05, 0) is 18.6 Å². The zero-order valence-corrected chi connectivity index (χ0v) is 8.23. The molecule has 5 nitrogen and oxygen atoms in total. The molecule has 3 N–H and O–H groups in total. The first-order chi connectivity index (χ1) is 6.15. The molecule has 0 aromatic heterocycles. The predicted molar refractivity (Wildman–Crippen MR) is 52.2 cm³/mol. The van der Waals surface area contributed by atoms with Crippen molar-refractivity contribution < 1.29 is 9.90 Å². The normalized spacial score (nSPS) is 20.2. The molecule has 1 fully saturated rings. The Hall–Kier alpha value is -0.880. The summed E-state index contributed by atoms with van der Waals surface area (Å²) in [5.41, 5.74) is 0. The van der Waals surface area contributed by atoms with Crippen molar-refractivity contribution in [1.29, 1.82) is 0 Å². The van der Waals surface area contributed by atoms with Gasteiger partial charge >= 0.3 is 5.97 Å². The average molecular weight is 203 g/mol. The molecule has 1 aliphatic heterocycles. The van der Waals surface area contributed by atoms with Gasteiger partial charge in [-0.3, -0.25) is 9.69 Å². The average Bonchev–Trinajstić information content (AvgIpc) is 2.09. The maximum absolute atomic E-state index is 10.8. The SMILES string of the molecule is CC[C@H](C(=O)O)N1CNC(=S)NC1. The first-order valence-corrected chi connectivity index (χ1v) is 4.54. The van der Waals surface area contributed by atoms with Crippen LogP contribution < -0.4 is 10.6 Å². The Morgan fingerprint density at radius 3 is 2.62 bits per heavy atom. The van der Waals surface area contributed by atoms with E-state index in [1.165, 1.54) is 0 Å². The smallest absolute Gasteiger partial charge is 0.321 e. The van der Waals surface area contributed by atoms with Gasteiger partial charge in [-0.2, -0.15) is 0 Å². The number of aliphatic carboxylic acids is 1. The molecule has 6 heteroatoms. The molecule has 0 bridgehead atoms. The lowest BCUT2D eigenvalue weighted by Gasteiger charge is -2.33. The Morgan fingerprint density at radius 2 is 2.23 bits per heavy atom. The first-order valence-electron chi connectivity index (χ1n) is 4.13. The van der Waals surface area contributed by atoms with Crippen LogP contribution in [0.3, 0.4) is 0 Å². The van der Waals surface area contributed by atoms with Crippen molar-refractivity contribution in [3.63, 3.8) is 0 Å². The molecular formula is C7H13N3O2S. The molecule has 0 radical (unpaired) electrons. The molecule has 0 saturated carbocycles. The molecule has 1 atom stereocenters. The number of nitrogens with one attached hydrogen (secondary N) is 2. The maximum atomic E-state index is 10.8. The summed E-state index contributed by atoms with van der Waals surface area (Å²) in [4.78, 5) is 12.6. The van der Waals surface area contributed by atoms with Gasteiger partial charge in [0.1, 0.15) is 6.04 Å². The van der Waals surface area contributed by atoms with Crippen molar-refractivity contribution in [2.45, 2.75) is 19.4 Å². The summed E-state index contributed by atoms with van der Waals surface area (Å²) in [6, 6.07) is -0.442. The lowest BCUT2D eigenvalue weighted by molar-refractivity contribution is -0.143. The summed E-state index contributed by atoms with van der Waals surface area (Å²) in [6.07, 6.45) is 0.589. The zero-order chi connectivity index (χ0) is 9.84. The number of rotatable bonds is 3. The van der Waals surface area contributed by atoms with Crippen LogP contribution in [0.15, 0.2) is 0 Å². The minimum Gasteiger partial charge on any atom is -0.480 e. The molecule has 1 heterocycles. The Kier molecular flexibility index (Phi) is 3.44. The van der Waals surface area contributed by atoms with Crippen LogP contribution >= 0.6 is 12.2 Å². The van der Waals surface area contributed by atoms with Gasteiger partial charge in [0.25, 0.3) is 0 Å². The Bertz CT molecular complexity index is 212. The van der Waals surface area contributed by atoms with E-state index in [4.69, 9.17) is 17.3 Å². The second kappa shape index (κ2) is 4.38. The fourth-order valence-electron chi connectivity index (χ4n) is 1.27. The maximum Gasteiger partial charge on any atom is 0.321 e. The third-order valence-corrected chi connectivity index (χ3v) is 2.29. The van der Waals surface area contributed by atoms with Crippen LogP contribution in [-0.4, -0.2) is 40.5 Å². The second-order valence-corrected chi connectivity index (χ2v) is 3.26. The van der Waals surface area contributed by atoms with Crippen LogP contribution in [0.2, 0.25) is 0 Å². The highest BCUT2D eigenvalue weighted by molar-refractivity contribution is 7.80. The summed E-state index contributed by atoms with van der Waals surface area (Å²) in [5.74, 6) is -0.793. The molecule has 0 spiro atoms. The van der Waals surface area contributed by atoms with Crippen LogP contribution in [0.5, 0.6) is 0 Å². The van der Waals surface area contributed by atoms with Crippen LogP contribution in [0.1, 0.15) is 13.3 Å². The van der Waals surface area contributed by atoms with E-state index in [1.54, 1.807) is 4.90 Å². The molecule has 1 rings (SSSR count). The third kappa shape index (κ3) is 2.53. The monoisotopic (exact) mass is 203 g/mol. The number of carboxylic acid groups (broad SMARTS) is 1. The molecule has 0 aliphatic carbocycles. The Morgan fingerprint density at radius 1 is 1.69 bits per heavy atom. The number of carbonyl (C=O) groups is 1. The minimum atomic E-state index is -0.793. The van der Waals surface area contributed by atoms with Crippen molar-refractivity contribution in [2.24, 2.45) is 0 Å². The lowest BCUT2D eigenvalue weighted by atomic mass is 10.2. The van der Waals surface area contributed by atoms with Gasteiger partial charge in [-0.25, -0.2) is 0 Å². The number of hydrogen-bond acceptors (Lipinski definition) is 3. The molecular weight excluding hydrogens is 190 g/mol. The molecule has 0 unspecified atom stereocenters. The molecule has 0 aromatic carbocycles. The summed E-state index contributed by atoms with van der Waals surface area (Å²) in [6.45, 7) is 2.85. The zero-order valence-electron chi connectivity index (χ0n) is 7.41. The van der Waals surface area contributed by atoms with E-state index in [0.29, 0.717) is 24.9 Å². The van der Waals surface area contributed by atoms with Gasteiger partial charge in [-0.1, -0.05) is 6.92 Å². The summed E-state index contributed by atoms with van der Waals surface area (Å²) >= 11 is 4.85. The Balaban J connectivity index is 2.50. The molecule has 1 aliphatic rings. The van der Waals surface area contributed by atoms with E-state index >= 15 is 0 Å². The van der Waals surface area contributed by atoms with Crippen molar-refractivity contribution in [2.75, 3.05) is 13.3 Å². The van der Waals surface area contributed by atoms with Crippen molar-refractivity contribution in [3.8, 4) is 0 Å². The highest BCUT2D eigenvalue weighted by atomic mass is 32.1. The third-order valence-electron chi connectivity index (χ3n) is 2.00. The second-order valence-electron chi connectivity index (χ2n) is 2.85. The first kappa shape index (κ1) is 10.2. The molecule has 13 heavy (non-hydrogen) atoms. The Labute approximate surface area is 82.1 Å². The number of thiocarbonyl (C=S) groups is 1. The van der Waals surface area contributed by atoms with E-state index in [1.807, 2.05) is 6.92 Å². The minimum absolute atomic E-state index is 0.442. The van der Waals surface area contributed by atoms with Gasteiger partial charge in [-0.15, -0.1) is 0 Å².